The van der Waals surface area contributed by atoms with Crippen LogP contribution >= 0.6 is 0 Å². The van der Waals surface area contributed by atoms with Crippen molar-refractivity contribution in [1.29, 1.82) is 15.8 Å². The minimum absolute atomic E-state index is 0.0182. The number of aliphatic hydroxyl groups excluding tert-OH is 2. The van der Waals surface area contributed by atoms with Crippen LogP contribution < -0.4 is 5.73 Å². The second-order valence-corrected chi connectivity index (χ2v) is 32.4. The van der Waals surface area contributed by atoms with E-state index in [1.54, 1.807) is 58.3 Å². The van der Waals surface area contributed by atoms with E-state index in [0.717, 1.165) is 78.5 Å². The Balaban J connectivity index is 0.000000139. The van der Waals surface area contributed by atoms with Crippen LogP contribution in [-0.4, -0.2) is 152 Å². The average molecular weight is 1350 g/mol. The zero-order valence-electron chi connectivity index (χ0n) is 56.0. The molecule has 3 saturated heterocycles. The highest BCUT2D eigenvalue weighted by molar-refractivity contribution is 6.74. The number of carboxylic acids is 1. The Bertz CT molecular complexity index is 4340. The smallest absolute Gasteiger partial charge is 0.335 e. The van der Waals surface area contributed by atoms with E-state index in [9.17, 15) is 29.4 Å². The van der Waals surface area contributed by atoms with Crippen LogP contribution in [0.2, 0.25) is 18.1 Å². The number of carbonyl (C=O) groups excluding carboxylic acids is 3. The van der Waals surface area contributed by atoms with Gasteiger partial charge in [0.15, 0.2) is 14.2 Å². The number of hydrogen-bond acceptors (Lipinski definition) is 18. The predicted octanol–water partition coefficient (Wildman–Crippen LogP) is 9.84. The summed E-state index contributed by atoms with van der Waals surface area (Å²) in [7, 11) is -1.81. The molecule has 0 saturated carbocycles. The standard InChI is InChI=1S/2C23H20N4O3.C21H33N3O3Si.C8H5NO2/c2*24-13-15-4-6-16(7-5-15)22-25-21(26-30-22)18-2-1-3-19-17(18)8-9-23(19)12-20(29)27(14-23)10-11-28;1-20(2,3)28(4,5)27-12-11-24-14-21(13-18(24)25)10-9-15-16(19(22)23-26)7-6-8-17(15)21;9-5-6-1-3-7(4-2-6)8(10)11/h2*1-7,28H,8-12,14H2;6-8,26H,9-14H2,1-5H3,(H2,22,23);1-4H,(H,10,11). The summed E-state index contributed by atoms with van der Waals surface area (Å²) in [6.07, 6.45) is 6.75. The number of oxime groups is 1. The Kier molecular flexibility index (Phi) is 20.3. The highest BCUT2D eigenvalue weighted by atomic mass is 28.4. The molecule has 14 rings (SSSR count). The van der Waals surface area contributed by atoms with E-state index < -0.39 is 14.3 Å². The molecule has 6 aliphatic rings. The van der Waals surface area contributed by atoms with Gasteiger partial charge >= 0.3 is 5.97 Å². The van der Waals surface area contributed by atoms with Gasteiger partial charge in [0.1, 0.15) is 0 Å². The Morgan fingerprint density at radius 3 is 1.36 bits per heavy atom. The van der Waals surface area contributed by atoms with Crippen LogP contribution in [0.4, 0.5) is 0 Å². The highest BCUT2D eigenvalue weighted by Gasteiger charge is 2.51. The van der Waals surface area contributed by atoms with Crippen LogP contribution in [0.5, 0.6) is 0 Å². The van der Waals surface area contributed by atoms with E-state index >= 15 is 0 Å². The number of nitrogens with zero attached hydrogens (tertiary/aromatic N) is 11. The quantitative estimate of drug-likeness (QED) is 0.0222. The number of amidine groups is 1. The number of amides is 3. The van der Waals surface area contributed by atoms with Crippen molar-refractivity contribution in [1.82, 2.24) is 35.0 Å². The molecular weight excluding hydrogens is 1270 g/mol. The molecule has 0 radical (unpaired) electrons. The average Bonchev–Trinajstić information content (AvgIpc) is 1.60. The van der Waals surface area contributed by atoms with Crippen molar-refractivity contribution >= 4 is 37.8 Å². The second kappa shape index (κ2) is 28.8. The molecule has 23 nitrogen and oxygen atoms in total. The molecule has 3 atom stereocenters. The first kappa shape index (κ1) is 69.7. The largest absolute Gasteiger partial charge is 0.478 e. The molecule has 8 aromatic rings. The van der Waals surface area contributed by atoms with Crippen LogP contribution in [0.3, 0.4) is 0 Å². The fraction of sp³-hybridized carbons (Fsp3) is 0.360. The molecule has 3 aliphatic heterocycles. The van der Waals surface area contributed by atoms with Crippen molar-refractivity contribution in [3.05, 3.63) is 189 Å². The van der Waals surface area contributed by atoms with Crippen molar-refractivity contribution in [3.8, 4) is 63.9 Å². The van der Waals surface area contributed by atoms with Crippen LogP contribution in [-0.2, 0) is 54.3 Å². The van der Waals surface area contributed by atoms with Gasteiger partial charge in [-0.25, -0.2) is 4.79 Å². The number of nitrogens with two attached hydrogens (primary N) is 1. The summed E-state index contributed by atoms with van der Waals surface area (Å²) in [6.45, 7) is 15.1. The van der Waals surface area contributed by atoms with Crippen molar-refractivity contribution in [2.75, 3.05) is 59.1 Å². The van der Waals surface area contributed by atoms with Crippen LogP contribution in [0, 0.1) is 34.0 Å². The van der Waals surface area contributed by atoms with E-state index in [4.69, 9.17) is 45.3 Å². The maximum absolute atomic E-state index is 12.8. The SMILES string of the molecule is CC(C)(C)[Si](C)(C)OCCN1CC2(CCc3c(C(N)=NO)cccc32)CC1=O.N#Cc1ccc(-c2nc(-c3cccc4c3CCC43CC(=O)N(CCO)C3)no2)cc1.N#Cc1ccc(-c2nc(-c3cccc4c3CCC43CC(=O)N(CCO)C3)no2)cc1.N#Cc1ccc(C(=O)O)cc1. The molecule has 0 bridgehead atoms. The molecule has 6 aromatic carbocycles. The molecule has 508 valence electrons. The summed E-state index contributed by atoms with van der Waals surface area (Å²) in [5, 5.41) is 74.0. The molecular formula is C75H78N12O11Si. The van der Waals surface area contributed by atoms with Crippen LogP contribution in [0.15, 0.2) is 142 Å². The summed E-state index contributed by atoms with van der Waals surface area (Å²) < 4.78 is 17.2. The molecule has 3 aliphatic carbocycles. The van der Waals surface area contributed by atoms with Gasteiger partial charge in [-0.3, -0.25) is 14.4 Å². The fourth-order valence-electron chi connectivity index (χ4n) is 14.5. The molecule has 2 aromatic heterocycles. The van der Waals surface area contributed by atoms with E-state index in [0.29, 0.717) is 98.7 Å². The Labute approximate surface area is 574 Å². The monoisotopic (exact) mass is 1350 g/mol. The molecule has 99 heavy (non-hydrogen) atoms. The van der Waals surface area contributed by atoms with Crippen molar-refractivity contribution in [3.63, 3.8) is 0 Å². The number of carboxylic acid groups (broad SMARTS) is 1. The molecule has 24 heteroatoms. The third-order valence-electron chi connectivity index (χ3n) is 20.7. The number of fused-ring (bicyclic) bond motifs is 6. The number of carbonyl (C=O) groups is 4. The van der Waals surface area contributed by atoms with Gasteiger partial charge in [0.25, 0.3) is 11.8 Å². The van der Waals surface area contributed by atoms with Crippen LogP contribution in [0.25, 0.3) is 45.7 Å². The number of hydrogen-bond donors (Lipinski definition) is 5. The van der Waals surface area contributed by atoms with Gasteiger partial charge in [-0.2, -0.15) is 25.8 Å². The number of aromatic carboxylic acids is 1. The lowest BCUT2D eigenvalue weighted by Gasteiger charge is -2.36. The van der Waals surface area contributed by atoms with Gasteiger partial charge in [0, 0.05) is 103 Å². The zero-order valence-corrected chi connectivity index (χ0v) is 57.0. The maximum Gasteiger partial charge on any atom is 0.335 e. The summed E-state index contributed by atoms with van der Waals surface area (Å²) >= 11 is 0. The molecule has 5 heterocycles. The number of aliphatic hydroxyl groups is 2. The van der Waals surface area contributed by atoms with Gasteiger partial charge in [0.05, 0.1) is 60.3 Å². The summed E-state index contributed by atoms with van der Waals surface area (Å²) in [4.78, 5) is 62.6. The third-order valence-corrected chi connectivity index (χ3v) is 25.2. The number of likely N-dealkylation sites (tertiary alicyclic amines) is 3. The fourth-order valence-corrected chi connectivity index (χ4v) is 15.5. The Morgan fingerprint density at radius 1 is 0.596 bits per heavy atom. The third kappa shape index (κ3) is 14.2. The minimum atomic E-state index is -1.81. The van der Waals surface area contributed by atoms with E-state index in [2.05, 4.69) is 89.6 Å². The van der Waals surface area contributed by atoms with Crippen LogP contribution in [0.1, 0.15) is 125 Å². The van der Waals surface area contributed by atoms with Gasteiger partial charge in [-0.15, -0.1) is 0 Å². The number of aromatic nitrogens is 4. The molecule has 6 N–H and O–H groups in total. The van der Waals surface area contributed by atoms with Gasteiger partial charge < -0.3 is 54.4 Å². The van der Waals surface area contributed by atoms with Crippen molar-refractivity contribution in [2.45, 2.75) is 113 Å². The molecule has 3 fully saturated rings. The Hall–Kier alpha value is -10.7. The number of β-amino-alcohol motifs (C(OH)–C–C–N with tert-alkyl or cyclic N) is 2. The lowest BCUT2D eigenvalue weighted by atomic mass is 9.80. The Morgan fingerprint density at radius 2 is 0.980 bits per heavy atom. The zero-order chi connectivity index (χ0) is 70.4. The minimum Gasteiger partial charge on any atom is -0.478 e. The maximum atomic E-state index is 12.8. The van der Waals surface area contributed by atoms with E-state index in [1.807, 2.05) is 47.4 Å². The second-order valence-electron chi connectivity index (χ2n) is 27.6. The van der Waals surface area contributed by atoms with Crippen molar-refractivity contribution in [2.24, 2.45) is 10.9 Å². The normalized spacial score (nSPS) is 19.6. The summed E-state index contributed by atoms with van der Waals surface area (Å²) in [6, 6.07) is 44.0. The van der Waals surface area contributed by atoms with E-state index in [1.165, 1.54) is 52.1 Å². The molecule has 3 spiro atoms. The number of rotatable bonds is 14. The number of benzene rings is 6. The summed E-state index contributed by atoms with van der Waals surface area (Å²) in [5.41, 5.74) is 18.3. The first-order valence-electron chi connectivity index (χ1n) is 33.0. The lowest BCUT2D eigenvalue weighted by molar-refractivity contribution is -0.128. The van der Waals surface area contributed by atoms with Gasteiger partial charge in [-0.05, 0) is 163 Å². The first-order valence-corrected chi connectivity index (χ1v) is 35.9. The highest BCUT2D eigenvalue weighted by Crippen LogP contribution is 2.51. The van der Waals surface area contributed by atoms with Gasteiger partial charge in [-0.1, -0.05) is 90.8 Å². The van der Waals surface area contributed by atoms with Gasteiger partial charge in [0.2, 0.25) is 29.4 Å². The molecule has 3 unspecified atom stereocenters. The molecule has 3 amide bonds. The topological polar surface area (TPSA) is 356 Å². The number of nitriles is 3. The predicted molar refractivity (Wildman–Crippen MR) is 368 cm³/mol. The van der Waals surface area contributed by atoms with E-state index in [-0.39, 0.29) is 63.6 Å². The summed E-state index contributed by atoms with van der Waals surface area (Å²) in [5.74, 6) is 1.43. The van der Waals surface area contributed by atoms with Crippen molar-refractivity contribution < 1.29 is 53.2 Å². The first-order chi connectivity index (χ1) is 47.5. The lowest BCUT2D eigenvalue weighted by Crippen LogP contribution is -2.43.